The molecule has 0 unspecified atom stereocenters. The molecule has 0 radical (unpaired) electrons. The van der Waals surface area contributed by atoms with Crippen LogP contribution in [-0.4, -0.2) is 24.0 Å². The number of nitrogens with two attached hydrogens (primary N) is 1. The Kier molecular flexibility index (Phi) is 4.22. The summed E-state index contributed by atoms with van der Waals surface area (Å²) in [5, 5.41) is 4.09. The highest BCUT2D eigenvalue weighted by Gasteiger charge is 2.17. The zero-order valence-electron chi connectivity index (χ0n) is 14.6. The number of hydrogen-bond donors (Lipinski definition) is 1. The molecule has 7 nitrogen and oxygen atoms in total. The highest BCUT2D eigenvalue weighted by atomic mass is 16.7. The molecular formula is C19H19N3O4. The molecule has 2 aromatic carbocycles. The molecule has 2 N–H and O–H groups in total. The van der Waals surface area contributed by atoms with E-state index >= 15 is 0 Å². The largest absolute Gasteiger partial charge is 0.496 e. The van der Waals surface area contributed by atoms with E-state index in [1.54, 1.807) is 7.11 Å². The summed E-state index contributed by atoms with van der Waals surface area (Å²) in [6.45, 7) is 2.17. The van der Waals surface area contributed by atoms with Crippen LogP contribution >= 0.6 is 0 Å². The fraction of sp³-hybridized carbons (Fsp3) is 0.263. The molecular weight excluding hydrogens is 334 g/mol. The number of ether oxygens (including phenoxy) is 3. The molecule has 1 aliphatic heterocycles. The van der Waals surface area contributed by atoms with Gasteiger partial charge in [0, 0.05) is 12.5 Å². The molecule has 26 heavy (non-hydrogen) atoms. The van der Waals surface area contributed by atoms with Gasteiger partial charge in [-0.15, -0.1) is 0 Å². The second kappa shape index (κ2) is 6.68. The molecule has 0 spiro atoms. The maximum atomic E-state index is 5.97. The summed E-state index contributed by atoms with van der Waals surface area (Å²) >= 11 is 0. The van der Waals surface area contributed by atoms with Crippen LogP contribution in [0.25, 0.3) is 11.5 Å². The minimum atomic E-state index is -0.101. The predicted octanol–water partition coefficient (Wildman–Crippen LogP) is 3.08. The lowest BCUT2D eigenvalue weighted by molar-refractivity contribution is 0.174. The average Bonchev–Trinajstić information content (AvgIpc) is 3.30. The summed E-state index contributed by atoms with van der Waals surface area (Å²) in [5.41, 5.74) is 8.68. The summed E-state index contributed by atoms with van der Waals surface area (Å²) in [7, 11) is 1.61. The Morgan fingerprint density at radius 3 is 2.81 bits per heavy atom. The maximum Gasteiger partial charge on any atom is 0.261 e. The van der Waals surface area contributed by atoms with Crippen molar-refractivity contribution in [3.63, 3.8) is 0 Å². The standard InChI is InChI=1S/C19H19N3O4/c1-11(20)13-4-6-15(23-2)14(9-13)19-21-18(22-26-19)8-12-3-5-16-17(7-12)25-10-24-16/h3-7,9,11H,8,10,20H2,1-2H3/t11-/m0/s1. The van der Waals surface area contributed by atoms with Crippen LogP contribution in [0.3, 0.4) is 0 Å². The monoisotopic (exact) mass is 353 g/mol. The Morgan fingerprint density at radius 1 is 1.15 bits per heavy atom. The first-order chi connectivity index (χ1) is 12.6. The molecule has 1 aromatic heterocycles. The van der Waals surface area contributed by atoms with Crippen molar-refractivity contribution in [3.05, 3.63) is 53.3 Å². The highest BCUT2D eigenvalue weighted by molar-refractivity contribution is 5.64. The second-order valence-electron chi connectivity index (χ2n) is 6.13. The number of rotatable bonds is 5. The van der Waals surface area contributed by atoms with E-state index in [-0.39, 0.29) is 12.8 Å². The lowest BCUT2D eigenvalue weighted by Crippen LogP contribution is -2.05. The van der Waals surface area contributed by atoms with Crippen molar-refractivity contribution in [2.24, 2.45) is 5.73 Å². The summed E-state index contributed by atoms with van der Waals surface area (Å²) in [4.78, 5) is 4.51. The van der Waals surface area contributed by atoms with Gasteiger partial charge in [-0.2, -0.15) is 4.98 Å². The van der Waals surface area contributed by atoms with E-state index in [0.29, 0.717) is 23.9 Å². The fourth-order valence-electron chi connectivity index (χ4n) is 2.84. The van der Waals surface area contributed by atoms with Crippen molar-refractivity contribution < 1.29 is 18.7 Å². The summed E-state index contributed by atoms with van der Waals surface area (Å²) in [6, 6.07) is 11.4. The number of benzene rings is 2. The topological polar surface area (TPSA) is 92.6 Å². The van der Waals surface area contributed by atoms with Gasteiger partial charge in [0.2, 0.25) is 6.79 Å². The molecule has 0 fully saturated rings. The van der Waals surface area contributed by atoms with E-state index in [0.717, 1.165) is 28.2 Å². The zero-order valence-corrected chi connectivity index (χ0v) is 14.6. The fourth-order valence-corrected chi connectivity index (χ4v) is 2.84. The smallest absolute Gasteiger partial charge is 0.261 e. The first kappa shape index (κ1) is 16.4. The number of hydrogen-bond acceptors (Lipinski definition) is 7. The Balaban J connectivity index is 1.61. The van der Waals surface area contributed by atoms with E-state index in [1.807, 2.05) is 43.3 Å². The Hall–Kier alpha value is -3.06. The molecule has 4 rings (SSSR count). The molecule has 7 heteroatoms. The highest BCUT2D eigenvalue weighted by Crippen LogP contribution is 2.34. The van der Waals surface area contributed by atoms with E-state index < -0.39 is 0 Å². The third-order valence-corrected chi connectivity index (χ3v) is 4.25. The molecule has 0 bridgehead atoms. The molecule has 0 saturated heterocycles. The third-order valence-electron chi connectivity index (χ3n) is 4.25. The van der Waals surface area contributed by atoms with Gasteiger partial charge in [0.05, 0.1) is 12.7 Å². The van der Waals surface area contributed by atoms with Crippen molar-refractivity contribution in [2.45, 2.75) is 19.4 Å². The van der Waals surface area contributed by atoms with Crippen LogP contribution in [0.15, 0.2) is 40.9 Å². The van der Waals surface area contributed by atoms with Crippen LogP contribution in [0.2, 0.25) is 0 Å². The van der Waals surface area contributed by atoms with Gasteiger partial charge >= 0.3 is 0 Å². The van der Waals surface area contributed by atoms with Gasteiger partial charge in [-0.25, -0.2) is 0 Å². The van der Waals surface area contributed by atoms with Gasteiger partial charge in [0.15, 0.2) is 17.3 Å². The molecule has 0 aliphatic carbocycles. The number of aromatic nitrogens is 2. The van der Waals surface area contributed by atoms with E-state index in [1.165, 1.54) is 0 Å². The van der Waals surface area contributed by atoms with E-state index in [4.69, 9.17) is 24.5 Å². The minimum absolute atomic E-state index is 0.101. The van der Waals surface area contributed by atoms with Gasteiger partial charge in [0.25, 0.3) is 5.89 Å². The average molecular weight is 353 g/mol. The summed E-state index contributed by atoms with van der Waals surface area (Å²) < 4.78 is 21.6. The van der Waals surface area contributed by atoms with Crippen molar-refractivity contribution >= 4 is 0 Å². The summed E-state index contributed by atoms with van der Waals surface area (Å²) in [6.07, 6.45) is 0.523. The van der Waals surface area contributed by atoms with Crippen LogP contribution in [0, 0.1) is 0 Å². The van der Waals surface area contributed by atoms with Gasteiger partial charge in [-0.1, -0.05) is 17.3 Å². The molecule has 1 aliphatic rings. The SMILES string of the molecule is COc1ccc([C@H](C)N)cc1-c1nc(Cc2ccc3c(c2)OCO3)no1. The van der Waals surface area contributed by atoms with Crippen molar-refractivity contribution in [1.82, 2.24) is 10.1 Å². The third kappa shape index (κ3) is 3.09. The van der Waals surface area contributed by atoms with Gasteiger partial charge in [0.1, 0.15) is 5.75 Å². The van der Waals surface area contributed by atoms with Crippen molar-refractivity contribution in [2.75, 3.05) is 13.9 Å². The first-order valence-electron chi connectivity index (χ1n) is 8.29. The van der Waals surface area contributed by atoms with Crippen LogP contribution in [-0.2, 0) is 6.42 Å². The van der Waals surface area contributed by atoms with E-state index in [9.17, 15) is 0 Å². The first-order valence-corrected chi connectivity index (χ1v) is 8.29. The molecule has 134 valence electrons. The quantitative estimate of drug-likeness (QED) is 0.753. The number of fused-ring (bicyclic) bond motifs is 1. The molecule has 3 aromatic rings. The summed E-state index contributed by atoms with van der Waals surface area (Å²) in [5.74, 6) is 3.12. The van der Waals surface area contributed by atoms with Crippen molar-refractivity contribution in [3.8, 4) is 28.7 Å². The van der Waals surface area contributed by atoms with Crippen LogP contribution < -0.4 is 19.9 Å². The van der Waals surface area contributed by atoms with E-state index in [2.05, 4.69) is 10.1 Å². The van der Waals surface area contributed by atoms with Crippen LogP contribution in [0.4, 0.5) is 0 Å². The number of methoxy groups -OCH3 is 1. The minimum Gasteiger partial charge on any atom is -0.496 e. The lowest BCUT2D eigenvalue weighted by atomic mass is 10.0. The predicted molar refractivity (Wildman–Crippen MR) is 94.3 cm³/mol. The lowest BCUT2D eigenvalue weighted by Gasteiger charge is -2.10. The van der Waals surface area contributed by atoms with Crippen LogP contribution in [0.1, 0.15) is 29.9 Å². The maximum absolute atomic E-state index is 5.97. The Labute approximate surface area is 150 Å². The molecule has 2 heterocycles. The van der Waals surface area contributed by atoms with Gasteiger partial charge in [-0.3, -0.25) is 0 Å². The molecule has 1 atom stereocenters. The Bertz CT molecular complexity index is 936. The Morgan fingerprint density at radius 2 is 2.00 bits per heavy atom. The van der Waals surface area contributed by atoms with Gasteiger partial charge < -0.3 is 24.5 Å². The molecule has 0 saturated carbocycles. The molecule has 0 amide bonds. The van der Waals surface area contributed by atoms with Crippen molar-refractivity contribution in [1.29, 1.82) is 0 Å². The zero-order chi connectivity index (χ0) is 18.1. The van der Waals surface area contributed by atoms with Crippen LogP contribution in [0.5, 0.6) is 17.2 Å². The second-order valence-corrected chi connectivity index (χ2v) is 6.13. The normalized spacial score (nSPS) is 13.7. The number of nitrogens with zero attached hydrogens (tertiary/aromatic N) is 2. The van der Waals surface area contributed by atoms with Gasteiger partial charge in [-0.05, 0) is 42.3 Å².